The summed E-state index contributed by atoms with van der Waals surface area (Å²) in [5.74, 6) is 0.230. The Labute approximate surface area is 161 Å². The summed E-state index contributed by atoms with van der Waals surface area (Å²) in [6, 6.07) is 6.17. The first kappa shape index (κ1) is 20.0. The fraction of sp³-hybridized carbons (Fsp3) is 0.450. The van der Waals surface area contributed by atoms with E-state index in [1.165, 1.54) is 23.6 Å². The summed E-state index contributed by atoms with van der Waals surface area (Å²) in [5.41, 5.74) is 0.346. The third-order valence-electron chi connectivity index (χ3n) is 4.76. The topological polar surface area (TPSA) is 85.8 Å². The lowest BCUT2D eigenvalue weighted by Crippen LogP contribution is -2.44. The minimum Gasteiger partial charge on any atom is -0.481 e. The van der Waals surface area contributed by atoms with Gasteiger partial charge in [-0.3, -0.25) is 13.9 Å². The van der Waals surface area contributed by atoms with Crippen LogP contribution in [0.3, 0.4) is 0 Å². The average Bonchev–Trinajstić information content (AvgIpc) is 2.66. The van der Waals surface area contributed by atoms with E-state index in [0.29, 0.717) is 30.9 Å². The minimum absolute atomic E-state index is 0.0799. The van der Waals surface area contributed by atoms with Gasteiger partial charge in [0.2, 0.25) is 0 Å². The highest BCUT2D eigenvalue weighted by Crippen LogP contribution is 2.28. The van der Waals surface area contributed by atoms with E-state index in [1.807, 2.05) is 6.92 Å². The SMILES string of the molecule is CCOC1=Nc2c(c(=O)n(CC(C)O)c(=O)n2C)CC1Cc1ccc(F)cc1. The maximum absolute atomic E-state index is 13.2. The smallest absolute Gasteiger partial charge is 0.332 e. The number of hydrogen-bond acceptors (Lipinski definition) is 5. The van der Waals surface area contributed by atoms with Gasteiger partial charge in [-0.2, -0.15) is 4.99 Å². The van der Waals surface area contributed by atoms with Gasteiger partial charge in [0, 0.05) is 13.0 Å². The van der Waals surface area contributed by atoms with Crippen molar-refractivity contribution >= 4 is 11.7 Å². The number of benzene rings is 1. The van der Waals surface area contributed by atoms with Crippen LogP contribution in [0, 0.1) is 11.7 Å². The van der Waals surface area contributed by atoms with Crippen molar-refractivity contribution in [2.75, 3.05) is 6.61 Å². The van der Waals surface area contributed by atoms with Gasteiger partial charge in [0.25, 0.3) is 5.56 Å². The van der Waals surface area contributed by atoms with Crippen LogP contribution in [0.1, 0.15) is 25.0 Å². The molecule has 0 radical (unpaired) electrons. The van der Waals surface area contributed by atoms with Crippen LogP contribution in [0.2, 0.25) is 0 Å². The number of rotatable bonds is 5. The Morgan fingerprint density at radius 2 is 2.00 bits per heavy atom. The summed E-state index contributed by atoms with van der Waals surface area (Å²) in [5, 5.41) is 9.64. The molecule has 1 N–H and O–H groups in total. The lowest BCUT2D eigenvalue weighted by Gasteiger charge is -2.26. The van der Waals surface area contributed by atoms with E-state index in [2.05, 4.69) is 4.99 Å². The monoisotopic (exact) mass is 389 g/mol. The van der Waals surface area contributed by atoms with Gasteiger partial charge in [-0.05, 0) is 44.4 Å². The maximum Gasteiger partial charge on any atom is 0.332 e. The average molecular weight is 389 g/mol. The lowest BCUT2D eigenvalue weighted by molar-refractivity contribution is 0.169. The second-order valence-corrected chi connectivity index (χ2v) is 7.02. The molecule has 0 aliphatic carbocycles. The van der Waals surface area contributed by atoms with Crippen LogP contribution in [0.5, 0.6) is 0 Å². The normalized spacial score (nSPS) is 17.0. The van der Waals surface area contributed by atoms with Crippen molar-refractivity contribution in [3.8, 4) is 0 Å². The Balaban J connectivity index is 2.06. The van der Waals surface area contributed by atoms with Gasteiger partial charge in [0.15, 0.2) is 5.90 Å². The zero-order chi connectivity index (χ0) is 20.4. The molecule has 1 aromatic heterocycles. The fourth-order valence-corrected chi connectivity index (χ4v) is 3.46. The third kappa shape index (κ3) is 3.91. The second-order valence-electron chi connectivity index (χ2n) is 7.02. The quantitative estimate of drug-likeness (QED) is 0.841. The molecule has 150 valence electrons. The molecule has 3 rings (SSSR count). The Hall–Kier alpha value is -2.74. The predicted molar refractivity (Wildman–Crippen MR) is 104 cm³/mol. The Morgan fingerprint density at radius 3 is 2.61 bits per heavy atom. The van der Waals surface area contributed by atoms with Gasteiger partial charge in [-0.25, -0.2) is 9.18 Å². The molecular formula is C20H24FN3O4. The first-order valence-electron chi connectivity index (χ1n) is 9.28. The molecule has 2 heterocycles. The Morgan fingerprint density at radius 1 is 1.32 bits per heavy atom. The summed E-state index contributed by atoms with van der Waals surface area (Å²) in [6.07, 6.45) is 0.0414. The number of ether oxygens (including phenoxy) is 1. The van der Waals surface area contributed by atoms with Crippen molar-refractivity contribution in [1.82, 2.24) is 9.13 Å². The number of aliphatic hydroxyl groups excluding tert-OH is 1. The van der Waals surface area contributed by atoms with Crippen molar-refractivity contribution < 1.29 is 14.2 Å². The van der Waals surface area contributed by atoms with Crippen LogP contribution in [0.4, 0.5) is 10.2 Å². The summed E-state index contributed by atoms with van der Waals surface area (Å²) < 4.78 is 21.2. The van der Waals surface area contributed by atoms with E-state index in [4.69, 9.17) is 4.74 Å². The number of fused-ring (bicyclic) bond motifs is 1. The van der Waals surface area contributed by atoms with E-state index >= 15 is 0 Å². The molecule has 2 unspecified atom stereocenters. The fourth-order valence-electron chi connectivity index (χ4n) is 3.46. The van der Waals surface area contributed by atoms with E-state index in [0.717, 1.165) is 10.1 Å². The summed E-state index contributed by atoms with van der Waals surface area (Å²) in [7, 11) is 1.55. The van der Waals surface area contributed by atoms with Crippen LogP contribution >= 0.6 is 0 Å². The molecule has 1 aromatic carbocycles. The Bertz CT molecular complexity index is 1010. The number of aliphatic imine (C=N–C) groups is 1. The summed E-state index contributed by atoms with van der Waals surface area (Å²) >= 11 is 0. The molecule has 8 heteroatoms. The maximum atomic E-state index is 13.2. The van der Waals surface area contributed by atoms with E-state index in [1.54, 1.807) is 19.2 Å². The highest BCUT2D eigenvalue weighted by molar-refractivity contribution is 5.84. The third-order valence-corrected chi connectivity index (χ3v) is 4.76. The summed E-state index contributed by atoms with van der Waals surface area (Å²) in [6.45, 7) is 3.69. The molecular weight excluding hydrogens is 365 g/mol. The molecule has 1 aliphatic heterocycles. The first-order valence-corrected chi connectivity index (χ1v) is 9.28. The molecule has 1 aliphatic rings. The molecule has 0 spiro atoms. The van der Waals surface area contributed by atoms with E-state index in [9.17, 15) is 19.1 Å². The molecule has 0 amide bonds. The van der Waals surface area contributed by atoms with Crippen molar-refractivity contribution in [2.24, 2.45) is 18.0 Å². The van der Waals surface area contributed by atoms with Gasteiger partial charge in [-0.15, -0.1) is 0 Å². The summed E-state index contributed by atoms with van der Waals surface area (Å²) in [4.78, 5) is 29.9. The number of halogens is 1. The molecule has 0 bridgehead atoms. The van der Waals surface area contributed by atoms with Gasteiger partial charge < -0.3 is 9.84 Å². The van der Waals surface area contributed by atoms with Crippen LogP contribution < -0.4 is 11.2 Å². The minimum atomic E-state index is -0.829. The molecule has 0 saturated carbocycles. The first-order chi connectivity index (χ1) is 13.3. The Kier molecular flexibility index (Phi) is 5.79. The lowest BCUT2D eigenvalue weighted by atomic mass is 9.91. The zero-order valence-electron chi connectivity index (χ0n) is 16.2. The number of aliphatic hydroxyl groups is 1. The molecule has 2 atom stereocenters. The van der Waals surface area contributed by atoms with Gasteiger partial charge in [0.05, 0.1) is 24.8 Å². The molecule has 28 heavy (non-hydrogen) atoms. The van der Waals surface area contributed by atoms with Gasteiger partial charge in [0.1, 0.15) is 11.6 Å². The van der Waals surface area contributed by atoms with Crippen molar-refractivity contribution in [1.29, 1.82) is 0 Å². The molecule has 0 fully saturated rings. The van der Waals surface area contributed by atoms with Crippen LogP contribution in [0.15, 0.2) is 38.8 Å². The number of nitrogens with zero attached hydrogens (tertiary/aromatic N) is 3. The number of aromatic nitrogens is 2. The van der Waals surface area contributed by atoms with E-state index < -0.39 is 17.4 Å². The van der Waals surface area contributed by atoms with Crippen LogP contribution in [0.25, 0.3) is 0 Å². The molecule has 7 nitrogen and oxygen atoms in total. The largest absolute Gasteiger partial charge is 0.481 e. The van der Waals surface area contributed by atoms with Crippen LogP contribution in [-0.4, -0.2) is 32.8 Å². The number of hydrogen-bond donors (Lipinski definition) is 1. The van der Waals surface area contributed by atoms with Crippen molar-refractivity contribution in [3.63, 3.8) is 0 Å². The van der Waals surface area contributed by atoms with Crippen molar-refractivity contribution in [2.45, 2.75) is 39.3 Å². The van der Waals surface area contributed by atoms with Crippen LogP contribution in [-0.2, 0) is 31.2 Å². The highest BCUT2D eigenvalue weighted by atomic mass is 19.1. The molecule has 2 aromatic rings. The highest BCUT2D eigenvalue weighted by Gasteiger charge is 2.30. The van der Waals surface area contributed by atoms with Crippen molar-refractivity contribution in [3.05, 3.63) is 62.0 Å². The predicted octanol–water partition coefficient (Wildman–Crippen LogP) is 1.55. The van der Waals surface area contributed by atoms with Gasteiger partial charge in [-0.1, -0.05) is 12.1 Å². The second kappa shape index (κ2) is 8.10. The standard InChI is InChI=1S/C20H24FN3O4/c1-4-28-18-14(9-13-5-7-15(21)8-6-13)10-16-17(22-18)23(3)20(27)24(19(16)26)11-12(2)25/h5-8,12,14,25H,4,9-11H2,1-3H3. The van der Waals surface area contributed by atoms with Gasteiger partial charge >= 0.3 is 5.69 Å². The zero-order valence-corrected chi connectivity index (χ0v) is 16.2. The van der Waals surface area contributed by atoms with E-state index in [-0.39, 0.29) is 24.1 Å². The molecule has 0 saturated heterocycles.